The van der Waals surface area contributed by atoms with E-state index >= 15 is 0 Å². The Labute approximate surface area is 82.3 Å². The highest BCUT2D eigenvalue weighted by molar-refractivity contribution is 5.16. The molecule has 0 spiro atoms. The predicted octanol–water partition coefficient (Wildman–Crippen LogP) is 1.87. The number of halogens is 1. The van der Waals surface area contributed by atoms with E-state index in [1.807, 2.05) is 0 Å². The van der Waals surface area contributed by atoms with Crippen molar-refractivity contribution in [2.24, 2.45) is 0 Å². The average Bonchev–Trinajstić information content (AvgIpc) is 2.54. The minimum absolute atomic E-state index is 0.0681. The lowest BCUT2D eigenvalue weighted by atomic mass is 10.2. The highest BCUT2D eigenvalue weighted by Crippen LogP contribution is 2.05. The Morgan fingerprint density at radius 3 is 2.86 bits per heavy atom. The molecule has 1 aromatic rings. The van der Waals surface area contributed by atoms with Crippen molar-refractivity contribution >= 4 is 0 Å². The van der Waals surface area contributed by atoms with E-state index < -0.39 is 5.95 Å². The van der Waals surface area contributed by atoms with Crippen LogP contribution in [0.3, 0.4) is 0 Å². The maximum atomic E-state index is 12.8. The first-order chi connectivity index (χ1) is 6.79. The molecule has 0 fully saturated rings. The van der Waals surface area contributed by atoms with Crippen molar-refractivity contribution < 1.29 is 4.39 Å². The molecule has 0 unspecified atom stereocenters. The van der Waals surface area contributed by atoms with Crippen molar-refractivity contribution in [2.75, 3.05) is 0 Å². The van der Waals surface area contributed by atoms with E-state index in [-0.39, 0.29) is 5.69 Å². The summed E-state index contributed by atoms with van der Waals surface area (Å²) in [7, 11) is 0. The summed E-state index contributed by atoms with van der Waals surface area (Å²) in [5.41, 5.74) is -0.0681. The van der Waals surface area contributed by atoms with Gasteiger partial charge in [-0.1, -0.05) is 36.5 Å². The smallest absolute Gasteiger partial charge is 0.232 e. The summed E-state index contributed by atoms with van der Waals surface area (Å²) in [6.07, 6.45) is 4.28. The Morgan fingerprint density at radius 2 is 2.21 bits per heavy atom. The van der Waals surface area contributed by atoms with Gasteiger partial charge < -0.3 is 0 Å². The van der Waals surface area contributed by atoms with Crippen LogP contribution in [-0.4, -0.2) is 15.0 Å². The van der Waals surface area contributed by atoms with Gasteiger partial charge >= 0.3 is 0 Å². The Kier molecular flexibility index (Phi) is 4.05. The van der Waals surface area contributed by atoms with Gasteiger partial charge in [0.2, 0.25) is 0 Å². The molecule has 14 heavy (non-hydrogen) atoms. The van der Waals surface area contributed by atoms with Gasteiger partial charge in [0, 0.05) is 6.54 Å². The van der Waals surface area contributed by atoms with Gasteiger partial charge in [-0.05, 0) is 6.42 Å². The first-order valence-electron chi connectivity index (χ1n) is 4.78. The van der Waals surface area contributed by atoms with E-state index in [4.69, 9.17) is 5.26 Å². The molecule has 0 atom stereocenters. The zero-order chi connectivity index (χ0) is 10.4. The highest BCUT2D eigenvalue weighted by atomic mass is 19.1. The fourth-order valence-electron chi connectivity index (χ4n) is 1.24. The third-order valence-corrected chi connectivity index (χ3v) is 2.02. The van der Waals surface area contributed by atoms with Crippen molar-refractivity contribution in [1.29, 1.82) is 5.26 Å². The number of aryl methyl sites for hydroxylation is 1. The molecule has 0 N–H and O–H groups in total. The predicted molar refractivity (Wildman–Crippen MR) is 48.8 cm³/mol. The van der Waals surface area contributed by atoms with Crippen molar-refractivity contribution in [2.45, 2.75) is 39.2 Å². The summed E-state index contributed by atoms with van der Waals surface area (Å²) < 4.78 is 14.1. The first kappa shape index (κ1) is 10.6. The van der Waals surface area contributed by atoms with Crippen molar-refractivity contribution in [3.8, 4) is 6.07 Å². The van der Waals surface area contributed by atoms with Crippen molar-refractivity contribution in [3.05, 3.63) is 11.6 Å². The average molecular weight is 196 g/mol. The van der Waals surface area contributed by atoms with Crippen LogP contribution in [0.5, 0.6) is 0 Å². The molecule has 0 aromatic carbocycles. The molecule has 76 valence electrons. The van der Waals surface area contributed by atoms with E-state index in [9.17, 15) is 4.39 Å². The molecule has 1 rings (SSSR count). The number of nitriles is 1. The lowest BCUT2D eigenvalue weighted by Crippen LogP contribution is -2.03. The van der Waals surface area contributed by atoms with Crippen LogP contribution in [0.1, 0.15) is 38.3 Å². The number of unbranched alkanes of at least 4 members (excludes halogenated alkanes) is 3. The number of rotatable bonds is 5. The van der Waals surface area contributed by atoms with E-state index in [2.05, 4.69) is 17.2 Å². The van der Waals surface area contributed by atoms with Gasteiger partial charge in [-0.15, -0.1) is 0 Å². The minimum Gasteiger partial charge on any atom is -0.232 e. The summed E-state index contributed by atoms with van der Waals surface area (Å²) in [6.45, 7) is 2.69. The van der Waals surface area contributed by atoms with Crippen LogP contribution in [-0.2, 0) is 6.54 Å². The Morgan fingerprint density at radius 1 is 1.43 bits per heavy atom. The van der Waals surface area contributed by atoms with Crippen LogP contribution < -0.4 is 0 Å². The van der Waals surface area contributed by atoms with Crippen molar-refractivity contribution in [3.63, 3.8) is 0 Å². The third-order valence-electron chi connectivity index (χ3n) is 2.02. The maximum Gasteiger partial charge on any atom is 0.270 e. The molecular formula is C9H13FN4. The molecule has 0 bridgehead atoms. The summed E-state index contributed by atoms with van der Waals surface area (Å²) in [6, 6.07) is 1.75. The van der Waals surface area contributed by atoms with E-state index in [0.717, 1.165) is 25.7 Å². The van der Waals surface area contributed by atoms with Gasteiger partial charge in [-0.2, -0.15) is 9.65 Å². The van der Waals surface area contributed by atoms with Crippen LogP contribution in [0.2, 0.25) is 0 Å². The van der Waals surface area contributed by atoms with Crippen LogP contribution in [0.25, 0.3) is 0 Å². The van der Waals surface area contributed by atoms with Gasteiger partial charge in [0.25, 0.3) is 5.95 Å². The largest absolute Gasteiger partial charge is 0.270 e. The first-order valence-corrected chi connectivity index (χ1v) is 4.78. The molecule has 0 aliphatic heterocycles. The zero-order valence-electron chi connectivity index (χ0n) is 8.20. The molecule has 0 aliphatic rings. The summed E-state index contributed by atoms with van der Waals surface area (Å²) >= 11 is 0. The lowest BCUT2D eigenvalue weighted by molar-refractivity contribution is 0.524. The third kappa shape index (κ3) is 2.52. The Bertz CT molecular complexity index is 326. The molecule has 0 radical (unpaired) electrons. The van der Waals surface area contributed by atoms with Gasteiger partial charge in [-0.25, -0.2) is 4.68 Å². The molecule has 1 aromatic heterocycles. The summed E-state index contributed by atoms with van der Waals surface area (Å²) in [4.78, 5) is 0. The second-order valence-corrected chi connectivity index (χ2v) is 3.12. The van der Waals surface area contributed by atoms with Gasteiger partial charge in [0.15, 0.2) is 5.69 Å². The van der Waals surface area contributed by atoms with Crippen LogP contribution in [0, 0.1) is 17.3 Å². The number of aromatic nitrogens is 3. The van der Waals surface area contributed by atoms with Crippen LogP contribution in [0.15, 0.2) is 0 Å². The molecule has 0 saturated heterocycles. The van der Waals surface area contributed by atoms with Gasteiger partial charge in [0.05, 0.1) is 0 Å². The molecular weight excluding hydrogens is 183 g/mol. The SMILES string of the molecule is CCCCCCn1nnc(F)c1C#N. The van der Waals surface area contributed by atoms with E-state index in [0.29, 0.717) is 6.54 Å². The van der Waals surface area contributed by atoms with Gasteiger partial charge in [-0.3, -0.25) is 0 Å². The van der Waals surface area contributed by atoms with Crippen LogP contribution >= 0.6 is 0 Å². The molecule has 4 nitrogen and oxygen atoms in total. The summed E-state index contributed by atoms with van der Waals surface area (Å²) in [5, 5.41) is 15.4. The van der Waals surface area contributed by atoms with Gasteiger partial charge in [0.1, 0.15) is 6.07 Å². The quantitative estimate of drug-likeness (QED) is 0.675. The topological polar surface area (TPSA) is 54.5 Å². The molecule has 0 saturated carbocycles. The van der Waals surface area contributed by atoms with Crippen molar-refractivity contribution in [1.82, 2.24) is 15.0 Å². The second-order valence-electron chi connectivity index (χ2n) is 3.12. The Balaban J connectivity index is 2.47. The molecule has 1 heterocycles. The van der Waals surface area contributed by atoms with Crippen LogP contribution in [0.4, 0.5) is 4.39 Å². The number of hydrogen-bond donors (Lipinski definition) is 0. The fraction of sp³-hybridized carbons (Fsp3) is 0.667. The highest BCUT2D eigenvalue weighted by Gasteiger charge is 2.10. The normalized spacial score (nSPS) is 10.1. The second kappa shape index (κ2) is 5.32. The Hall–Kier alpha value is -1.44. The number of hydrogen-bond acceptors (Lipinski definition) is 3. The zero-order valence-corrected chi connectivity index (χ0v) is 8.20. The standard InChI is InChI=1S/C9H13FN4/c1-2-3-4-5-6-14-8(7-11)9(10)12-13-14/h2-6H2,1H3. The molecule has 5 heteroatoms. The van der Waals surface area contributed by atoms with E-state index in [1.54, 1.807) is 6.07 Å². The maximum absolute atomic E-state index is 12.8. The summed E-state index contributed by atoms with van der Waals surface area (Å²) in [5.74, 6) is -0.775. The number of nitrogens with zero attached hydrogens (tertiary/aromatic N) is 4. The lowest BCUT2D eigenvalue weighted by Gasteiger charge is -2.00. The van der Waals surface area contributed by atoms with E-state index in [1.165, 1.54) is 4.68 Å². The fourth-order valence-corrected chi connectivity index (χ4v) is 1.24. The molecule has 0 amide bonds. The monoisotopic (exact) mass is 196 g/mol. The molecule has 0 aliphatic carbocycles. The minimum atomic E-state index is -0.775.